The number of hydrogen-bond acceptors (Lipinski definition) is 6. The van der Waals surface area contributed by atoms with Crippen LogP contribution in [0.4, 0.5) is 0 Å². The quantitative estimate of drug-likeness (QED) is 0.331. The number of ether oxygens (including phenoxy) is 2. The molecule has 0 saturated heterocycles. The Balaban J connectivity index is 5.18. The largest absolute Gasteiger partial charge is 0.462 e. The van der Waals surface area contributed by atoms with E-state index in [1.807, 2.05) is 41.5 Å². The van der Waals surface area contributed by atoms with Crippen molar-refractivity contribution in [2.45, 2.75) is 104 Å². The third-order valence-corrected chi connectivity index (χ3v) is 6.17. The molecule has 0 rings (SSSR count). The Bertz CT molecular complexity index is 573. The summed E-state index contributed by atoms with van der Waals surface area (Å²) in [6.07, 6.45) is 3.02. The second-order valence-corrected chi connectivity index (χ2v) is 9.16. The molecule has 8 heteroatoms. The van der Waals surface area contributed by atoms with Crippen molar-refractivity contribution in [3.05, 3.63) is 0 Å². The highest BCUT2D eigenvalue weighted by atomic mass is 32.2. The highest BCUT2D eigenvalue weighted by molar-refractivity contribution is 7.87. The van der Waals surface area contributed by atoms with Crippen molar-refractivity contribution in [1.82, 2.24) is 0 Å². The molecular weight excluding hydrogens is 384 g/mol. The summed E-state index contributed by atoms with van der Waals surface area (Å²) in [4.78, 5) is 24.7. The molecular formula is C20H38O7S. The average molecular weight is 423 g/mol. The molecule has 0 aromatic carbocycles. The van der Waals surface area contributed by atoms with Gasteiger partial charge in [-0.15, -0.1) is 0 Å². The van der Waals surface area contributed by atoms with Gasteiger partial charge in [0.05, 0.1) is 6.42 Å². The van der Waals surface area contributed by atoms with Gasteiger partial charge in [-0.1, -0.05) is 54.4 Å². The summed E-state index contributed by atoms with van der Waals surface area (Å²) in [5.74, 6) is -1.77. The van der Waals surface area contributed by atoms with Gasteiger partial charge in [0.2, 0.25) is 0 Å². The van der Waals surface area contributed by atoms with E-state index in [0.717, 1.165) is 25.7 Å². The second kappa shape index (κ2) is 13.1. The highest BCUT2D eigenvalue weighted by Crippen LogP contribution is 2.21. The molecule has 0 fully saturated rings. The van der Waals surface area contributed by atoms with Crippen LogP contribution in [-0.4, -0.2) is 42.4 Å². The van der Waals surface area contributed by atoms with Crippen LogP contribution < -0.4 is 0 Å². The zero-order valence-electron chi connectivity index (χ0n) is 18.1. The van der Waals surface area contributed by atoms with Gasteiger partial charge in [-0.3, -0.25) is 14.1 Å². The van der Waals surface area contributed by atoms with Gasteiger partial charge in [-0.25, -0.2) is 0 Å². The molecule has 28 heavy (non-hydrogen) atoms. The Morgan fingerprint density at radius 3 is 1.64 bits per heavy atom. The zero-order valence-corrected chi connectivity index (χ0v) is 19.0. The Morgan fingerprint density at radius 1 is 0.857 bits per heavy atom. The molecule has 0 aliphatic rings. The minimum Gasteiger partial charge on any atom is -0.462 e. The first-order chi connectivity index (χ1) is 13.0. The van der Waals surface area contributed by atoms with E-state index >= 15 is 0 Å². The van der Waals surface area contributed by atoms with Gasteiger partial charge >= 0.3 is 11.9 Å². The Labute approximate surface area is 170 Å². The first kappa shape index (κ1) is 26.9. The van der Waals surface area contributed by atoms with Crippen LogP contribution in [0.1, 0.15) is 86.5 Å². The third kappa shape index (κ3) is 9.37. The highest BCUT2D eigenvalue weighted by Gasteiger charge is 2.38. The third-order valence-electron chi connectivity index (χ3n) is 5.09. The van der Waals surface area contributed by atoms with E-state index in [0.29, 0.717) is 12.8 Å². The molecule has 0 spiro atoms. The van der Waals surface area contributed by atoms with Gasteiger partial charge < -0.3 is 9.47 Å². The lowest BCUT2D eigenvalue weighted by Gasteiger charge is -2.25. The van der Waals surface area contributed by atoms with Crippen molar-refractivity contribution in [2.24, 2.45) is 11.8 Å². The molecule has 5 unspecified atom stereocenters. The molecule has 0 aliphatic carbocycles. The van der Waals surface area contributed by atoms with E-state index in [1.165, 1.54) is 0 Å². The molecule has 0 bridgehead atoms. The fourth-order valence-electron chi connectivity index (χ4n) is 3.39. The van der Waals surface area contributed by atoms with Crippen LogP contribution in [0.3, 0.4) is 0 Å². The summed E-state index contributed by atoms with van der Waals surface area (Å²) in [7, 11) is -4.80. The lowest BCUT2D eigenvalue weighted by Crippen LogP contribution is -2.38. The van der Waals surface area contributed by atoms with Gasteiger partial charge in [-0.2, -0.15) is 8.42 Å². The molecule has 166 valence electrons. The van der Waals surface area contributed by atoms with Crippen molar-refractivity contribution < 1.29 is 32.0 Å². The molecule has 0 amide bonds. The molecule has 7 nitrogen and oxygen atoms in total. The van der Waals surface area contributed by atoms with Crippen molar-refractivity contribution in [2.75, 3.05) is 0 Å². The minimum atomic E-state index is -4.80. The van der Waals surface area contributed by atoms with Crippen LogP contribution in [0.25, 0.3) is 0 Å². The van der Waals surface area contributed by atoms with Crippen LogP contribution in [0.5, 0.6) is 0 Å². The fourth-order valence-corrected chi connectivity index (χ4v) is 4.04. The second-order valence-electron chi connectivity index (χ2n) is 7.56. The van der Waals surface area contributed by atoms with E-state index in [-0.39, 0.29) is 17.9 Å². The Hall–Kier alpha value is -1.15. The summed E-state index contributed by atoms with van der Waals surface area (Å²) >= 11 is 0. The van der Waals surface area contributed by atoms with Gasteiger partial charge in [0.15, 0.2) is 5.25 Å². The molecule has 1 N–H and O–H groups in total. The minimum absolute atomic E-state index is 0.0484. The molecule has 0 saturated carbocycles. The van der Waals surface area contributed by atoms with Gasteiger partial charge in [0.25, 0.3) is 10.1 Å². The smallest absolute Gasteiger partial charge is 0.327 e. The predicted octanol–water partition coefficient (Wildman–Crippen LogP) is 4.15. The van der Waals surface area contributed by atoms with Crippen molar-refractivity contribution in [3.63, 3.8) is 0 Å². The predicted molar refractivity (Wildman–Crippen MR) is 108 cm³/mol. The summed E-state index contributed by atoms with van der Waals surface area (Å²) in [5, 5.41) is -1.97. The summed E-state index contributed by atoms with van der Waals surface area (Å²) in [5.41, 5.74) is 0. The Morgan fingerprint density at radius 2 is 1.29 bits per heavy atom. The first-order valence-electron chi connectivity index (χ1n) is 10.4. The van der Waals surface area contributed by atoms with E-state index in [9.17, 15) is 22.6 Å². The Kier molecular flexibility index (Phi) is 12.6. The molecule has 0 aromatic heterocycles. The fraction of sp³-hybridized carbons (Fsp3) is 0.900. The van der Waals surface area contributed by atoms with Gasteiger partial charge in [0.1, 0.15) is 12.2 Å². The maximum Gasteiger partial charge on any atom is 0.327 e. The molecule has 0 radical (unpaired) electrons. The van der Waals surface area contributed by atoms with E-state index < -0.39 is 39.8 Å². The summed E-state index contributed by atoms with van der Waals surface area (Å²) in [6, 6.07) is 0. The van der Waals surface area contributed by atoms with E-state index in [1.54, 1.807) is 0 Å². The molecule has 0 heterocycles. The average Bonchev–Trinajstić information content (AvgIpc) is 2.61. The van der Waals surface area contributed by atoms with Crippen LogP contribution in [0.15, 0.2) is 0 Å². The van der Waals surface area contributed by atoms with Crippen LogP contribution in [0, 0.1) is 11.8 Å². The van der Waals surface area contributed by atoms with E-state index in [4.69, 9.17) is 9.47 Å². The van der Waals surface area contributed by atoms with Crippen LogP contribution >= 0.6 is 0 Å². The van der Waals surface area contributed by atoms with Crippen molar-refractivity contribution in [3.8, 4) is 0 Å². The number of carbonyl (C=O) groups is 2. The maximum absolute atomic E-state index is 12.4. The standard InChI is InChI=1S/C20H38O7S/c1-7-11-14(5)16(9-3)26-19(21)13-18(28(23,24)25)20(22)27-17(10-4)15(6)12-8-2/h14-18H,7-13H2,1-6H3,(H,23,24,25). The monoisotopic (exact) mass is 422 g/mol. The van der Waals surface area contributed by atoms with Crippen molar-refractivity contribution in [1.29, 1.82) is 0 Å². The number of rotatable bonds is 14. The maximum atomic E-state index is 12.4. The molecule has 0 aliphatic heterocycles. The lowest BCUT2D eigenvalue weighted by molar-refractivity contribution is -0.158. The topological polar surface area (TPSA) is 107 Å². The SMILES string of the molecule is CCCC(C)C(CC)OC(=O)CC(C(=O)OC(CC)C(C)CCC)S(=O)(=O)O. The summed E-state index contributed by atoms with van der Waals surface area (Å²) < 4.78 is 43.6. The molecule has 5 atom stereocenters. The normalized spacial score (nSPS) is 17.2. The molecule has 0 aromatic rings. The first-order valence-corrected chi connectivity index (χ1v) is 11.9. The summed E-state index contributed by atoms with van der Waals surface area (Å²) in [6.45, 7) is 11.6. The number of esters is 2. The number of hydrogen-bond donors (Lipinski definition) is 1. The van der Waals surface area contributed by atoms with Gasteiger partial charge in [0, 0.05) is 0 Å². The number of carbonyl (C=O) groups excluding carboxylic acids is 2. The van der Waals surface area contributed by atoms with Crippen molar-refractivity contribution >= 4 is 22.1 Å². The van der Waals surface area contributed by atoms with Gasteiger partial charge in [-0.05, 0) is 37.5 Å². The van der Waals surface area contributed by atoms with Crippen LogP contribution in [-0.2, 0) is 29.2 Å². The lowest BCUT2D eigenvalue weighted by atomic mass is 9.97. The zero-order chi connectivity index (χ0) is 21.9. The van der Waals surface area contributed by atoms with Crippen LogP contribution in [0.2, 0.25) is 0 Å². The van der Waals surface area contributed by atoms with E-state index in [2.05, 4.69) is 0 Å².